The Labute approximate surface area is 152 Å². The Morgan fingerprint density at radius 2 is 0.364 bits per heavy atom. The summed E-state index contributed by atoms with van der Waals surface area (Å²) in [6.45, 7) is 0. The summed E-state index contributed by atoms with van der Waals surface area (Å²) in [5, 5.41) is 0. The Balaban J connectivity index is 0. The standard InChI is InChI=1S/Ba.8FH.Lu.Y/h;8*1H;;/q+2;;;;;;;;;2*+3/p-8. The Bertz CT molecular complexity index is 14.1. The molecule has 0 N–H and O–H groups in total. The Morgan fingerprint density at radius 3 is 0.364 bits per heavy atom. The van der Waals surface area contributed by atoms with Gasteiger partial charge < -0.3 is 37.6 Å². The van der Waals surface area contributed by atoms with Crippen LogP contribution >= 0.6 is 0 Å². The van der Waals surface area contributed by atoms with Gasteiger partial charge in [0.15, 0.2) is 0 Å². The summed E-state index contributed by atoms with van der Waals surface area (Å²) in [7, 11) is 0. The molecule has 76 valence electrons. The third kappa shape index (κ3) is 153. The Hall–Kier alpha value is 3.35. The molecule has 0 aromatic heterocycles. The molecule has 0 nitrogen and oxygen atoms in total. The van der Waals surface area contributed by atoms with Gasteiger partial charge in [0.1, 0.15) is 0 Å². The minimum Gasteiger partial charge on any atom is -1.00 e. The summed E-state index contributed by atoms with van der Waals surface area (Å²) in [5.74, 6) is 0. The SMILES string of the molecule is [Ba+2].[F-].[F-].[F-].[F-].[F-].[F-].[F-].[F-].[Lu+3].[Y+3]. The minimum absolute atomic E-state index is 0. The first-order chi connectivity index (χ1) is 0. The van der Waals surface area contributed by atoms with Crippen molar-refractivity contribution in [2.75, 3.05) is 0 Å². The second kappa shape index (κ2) is 181. The average Bonchev–Trinajstić information content (AvgIpc) is 0. The van der Waals surface area contributed by atoms with Gasteiger partial charge in [0.25, 0.3) is 0 Å². The molecule has 0 radical (unpaired) electrons. The molecular formula is BaF8LuY. The van der Waals surface area contributed by atoms with E-state index in [1.807, 2.05) is 0 Å². The average molecular weight is 553 g/mol. The van der Waals surface area contributed by atoms with Crippen molar-refractivity contribution in [3.05, 3.63) is 0 Å². The third-order valence-electron chi connectivity index (χ3n) is 0. The van der Waals surface area contributed by atoms with Gasteiger partial charge in [-0.3, -0.25) is 0 Å². The van der Waals surface area contributed by atoms with Crippen LogP contribution in [-0.4, -0.2) is 48.9 Å². The van der Waals surface area contributed by atoms with Gasteiger partial charge in [-0.2, -0.15) is 0 Å². The van der Waals surface area contributed by atoms with Gasteiger partial charge in [-0.15, -0.1) is 0 Å². The summed E-state index contributed by atoms with van der Waals surface area (Å²) in [6, 6.07) is 0. The zero-order valence-corrected chi connectivity index (χ0v) is 13.5. The fraction of sp³-hybridized carbons (Fsp3) is 0. The summed E-state index contributed by atoms with van der Waals surface area (Å²) >= 11 is 0. The van der Waals surface area contributed by atoms with E-state index < -0.39 is 0 Å². The summed E-state index contributed by atoms with van der Waals surface area (Å²) in [6.07, 6.45) is 0. The molecule has 0 aromatic rings. The van der Waals surface area contributed by atoms with E-state index in [0.717, 1.165) is 0 Å². The molecule has 0 spiro atoms. The fourth-order valence-electron chi connectivity index (χ4n) is 0. The van der Waals surface area contributed by atoms with E-state index in [-0.39, 0.29) is 156 Å². The fourth-order valence-corrected chi connectivity index (χ4v) is 0. The van der Waals surface area contributed by atoms with Gasteiger partial charge >= 0.3 is 118 Å². The van der Waals surface area contributed by atoms with Crippen molar-refractivity contribution in [3.8, 4) is 0 Å². The number of hydrogen-bond acceptors (Lipinski definition) is 0. The molecule has 0 atom stereocenters. The van der Waals surface area contributed by atoms with E-state index in [4.69, 9.17) is 0 Å². The largest absolute Gasteiger partial charge is 3.00 e. The van der Waals surface area contributed by atoms with Crippen molar-refractivity contribution in [1.29, 1.82) is 0 Å². The van der Waals surface area contributed by atoms with Crippen LogP contribution in [0.1, 0.15) is 0 Å². The molecule has 0 fully saturated rings. The number of hydrogen-bond donors (Lipinski definition) is 0. The predicted octanol–water partition coefficient (Wildman–Crippen LogP) is -24.4. The predicted molar refractivity (Wildman–Crippen MR) is 5.75 cm³/mol. The van der Waals surface area contributed by atoms with Crippen LogP contribution in [-0.2, 0) is 32.7 Å². The Morgan fingerprint density at radius 1 is 0.364 bits per heavy atom. The molecule has 0 saturated carbocycles. The monoisotopic (exact) mass is 554 g/mol. The van der Waals surface area contributed by atoms with Crippen LogP contribution < -0.4 is 37.6 Å². The van der Waals surface area contributed by atoms with Crippen LogP contribution in [0.2, 0.25) is 0 Å². The zero-order chi connectivity index (χ0) is 0. The van der Waals surface area contributed by atoms with Crippen molar-refractivity contribution in [3.63, 3.8) is 0 Å². The van der Waals surface area contributed by atoms with E-state index >= 15 is 0 Å². The van der Waals surface area contributed by atoms with Gasteiger partial charge in [-0.25, -0.2) is 0 Å². The van der Waals surface area contributed by atoms with Crippen LogP contribution in [0.5, 0.6) is 0 Å². The minimum atomic E-state index is 0. The number of rotatable bonds is 0. The first-order valence-corrected chi connectivity index (χ1v) is 0. The third-order valence-corrected chi connectivity index (χ3v) is 0. The molecule has 0 aliphatic carbocycles. The van der Waals surface area contributed by atoms with Crippen molar-refractivity contribution < 1.29 is 107 Å². The normalized spacial score (nSPS) is 0. The molecule has 0 rings (SSSR count). The molecule has 0 bridgehead atoms. The van der Waals surface area contributed by atoms with Crippen LogP contribution in [0.15, 0.2) is 0 Å². The van der Waals surface area contributed by atoms with Crippen LogP contribution in [0.3, 0.4) is 0 Å². The molecular weight excluding hydrogens is 553 g/mol. The Kier molecular flexibility index (Phi) is 3760. The van der Waals surface area contributed by atoms with Gasteiger partial charge in [-0.1, -0.05) is 0 Å². The van der Waals surface area contributed by atoms with E-state index in [9.17, 15) is 0 Å². The molecule has 11 heteroatoms. The van der Waals surface area contributed by atoms with Crippen molar-refractivity contribution in [2.24, 2.45) is 0 Å². The van der Waals surface area contributed by atoms with E-state index in [1.54, 1.807) is 0 Å². The van der Waals surface area contributed by atoms with Crippen molar-refractivity contribution in [2.45, 2.75) is 0 Å². The maximum Gasteiger partial charge on any atom is 3.00 e. The summed E-state index contributed by atoms with van der Waals surface area (Å²) in [5.41, 5.74) is 0. The second-order valence-corrected chi connectivity index (χ2v) is 0. The molecule has 0 amide bonds. The smallest absolute Gasteiger partial charge is 1.00 e. The first-order valence-electron chi connectivity index (χ1n) is 0. The van der Waals surface area contributed by atoms with Gasteiger partial charge in [0.2, 0.25) is 0 Å². The van der Waals surface area contributed by atoms with E-state index in [1.165, 1.54) is 0 Å². The molecule has 0 heterocycles. The molecule has 0 unspecified atom stereocenters. The van der Waals surface area contributed by atoms with E-state index in [2.05, 4.69) is 0 Å². The topological polar surface area (TPSA) is 0 Å². The maximum atomic E-state index is 0. The number of halogens is 8. The van der Waals surface area contributed by atoms with Gasteiger partial charge in [-0.05, 0) is 0 Å². The maximum absolute atomic E-state index is 0. The zero-order valence-electron chi connectivity index (χ0n) is 4.57. The quantitative estimate of drug-likeness (QED) is 0.207. The van der Waals surface area contributed by atoms with Crippen LogP contribution in [0.25, 0.3) is 0 Å². The molecule has 0 aliphatic heterocycles. The first kappa shape index (κ1) is 228. The summed E-state index contributed by atoms with van der Waals surface area (Å²) < 4.78 is 0. The van der Waals surface area contributed by atoms with Crippen molar-refractivity contribution in [1.82, 2.24) is 0 Å². The van der Waals surface area contributed by atoms with Gasteiger partial charge in [0.05, 0.1) is 0 Å². The second-order valence-electron chi connectivity index (χ2n) is 0. The van der Waals surface area contributed by atoms with Crippen LogP contribution in [0.4, 0.5) is 0 Å². The summed E-state index contributed by atoms with van der Waals surface area (Å²) in [4.78, 5) is 0. The molecule has 0 aromatic carbocycles. The molecule has 0 saturated heterocycles. The van der Waals surface area contributed by atoms with Crippen molar-refractivity contribution >= 4 is 48.9 Å². The van der Waals surface area contributed by atoms with Crippen LogP contribution in [0, 0.1) is 36.9 Å². The van der Waals surface area contributed by atoms with E-state index in [0.29, 0.717) is 0 Å². The van der Waals surface area contributed by atoms with Gasteiger partial charge in [0, 0.05) is 0 Å². The molecule has 11 heavy (non-hydrogen) atoms. The molecule has 0 aliphatic rings.